The van der Waals surface area contributed by atoms with Crippen LogP contribution in [0.1, 0.15) is 11.1 Å². The zero-order valence-electron chi connectivity index (χ0n) is 20.8. The lowest BCUT2D eigenvalue weighted by atomic mass is 10.0. The molecule has 5 rings (SSSR count). The first-order valence-corrected chi connectivity index (χ1v) is 12.8. The number of nitrogens with zero attached hydrogens (tertiary/aromatic N) is 4. The van der Waals surface area contributed by atoms with Crippen LogP contribution >= 0.6 is 11.8 Å². The van der Waals surface area contributed by atoms with Crippen LogP contribution in [-0.4, -0.2) is 44.9 Å². The van der Waals surface area contributed by atoms with Gasteiger partial charge in [-0.1, -0.05) is 59.8 Å². The summed E-state index contributed by atoms with van der Waals surface area (Å²) in [4.78, 5) is 12.6. The van der Waals surface area contributed by atoms with E-state index in [0.717, 1.165) is 33.3 Å². The van der Waals surface area contributed by atoms with Gasteiger partial charge < -0.3 is 9.84 Å². The van der Waals surface area contributed by atoms with Gasteiger partial charge in [0.1, 0.15) is 11.5 Å². The highest BCUT2D eigenvalue weighted by molar-refractivity contribution is 7.99. The lowest BCUT2D eigenvalue weighted by Gasteiger charge is -2.11. The monoisotopic (exact) mass is 523 g/mol. The third kappa shape index (κ3) is 5.37. The van der Waals surface area contributed by atoms with Gasteiger partial charge in [-0.05, 0) is 60.2 Å². The summed E-state index contributed by atoms with van der Waals surface area (Å²) in [6, 6.07) is 26.7. The fraction of sp³-hybridized carbons (Fsp3) is 0.103. The highest BCUT2D eigenvalue weighted by atomic mass is 32.2. The maximum absolute atomic E-state index is 12.6. The van der Waals surface area contributed by atoms with Gasteiger partial charge in [-0.25, -0.2) is 5.43 Å². The molecule has 1 heterocycles. The van der Waals surface area contributed by atoms with Crippen LogP contribution in [-0.2, 0) is 4.79 Å². The van der Waals surface area contributed by atoms with E-state index in [1.54, 1.807) is 13.2 Å². The second-order valence-corrected chi connectivity index (χ2v) is 9.45. The molecule has 1 aromatic heterocycles. The number of rotatable bonds is 8. The van der Waals surface area contributed by atoms with E-state index in [4.69, 9.17) is 4.74 Å². The van der Waals surface area contributed by atoms with Gasteiger partial charge in [-0.3, -0.25) is 9.36 Å². The van der Waals surface area contributed by atoms with Crippen molar-refractivity contribution in [2.24, 2.45) is 5.10 Å². The van der Waals surface area contributed by atoms with E-state index in [9.17, 15) is 9.90 Å². The van der Waals surface area contributed by atoms with Gasteiger partial charge in [0.05, 0.1) is 19.1 Å². The first-order chi connectivity index (χ1) is 18.5. The standard InChI is InChI=1S/C29H25N5O3S/c1-19-7-12-22(13-8-19)34-28(21-9-14-23(37-2)15-10-21)32-33-29(34)38-18-27(36)31-30-17-25-24-6-4-3-5-20(24)11-16-26(25)35/h3-17,35H,18H2,1-2H3,(H,31,36)/b30-17+. The van der Waals surface area contributed by atoms with Crippen molar-refractivity contribution in [1.82, 2.24) is 20.2 Å². The normalized spacial score (nSPS) is 11.2. The lowest BCUT2D eigenvalue weighted by Crippen LogP contribution is -2.20. The molecule has 38 heavy (non-hydrogen) atoms. The van der Waals surface area contributed by atoms with Crippen LogP contribution in [0.3, 0.4) is 0 Å². The Bertz CT molecular complexity index is 1610. The van der Waals surface area contributed by atoms with Gasteiger partial charge >= 0.3 is 0 Å². The second kappa shape index (κ2) is 11.2. The van der Waals surface area contributed by atoms with Gasteiger partial charge in [0.2, 0.25) is 0 Å². The van der Waals surface area contributed by atoms with E-state index in [2.05, 4.69) is 20.7 Å². The van der Waals surface area contributed by atoms with Crippen molar-refractivity contribution in [2.45, 2.75) is 12.1 Å². The van der Waals surface area contributed by atoms with Gasteiger partial charge in [0, 0.05) is 16.8 Å². The average Bonchev–Trinajstić information content (AvgIpc) is 3.37. The Kier molecular flexibility index (Phi) is 7.37. The Morgan fingerprint density at radius 1 is 1.03 bits per heavy atom. The topological polar surface area (TPSA) is 102 Å². The van der Waals surface area contributed by atoms with Crippen LogP contribution in [0.2, 0.25) is 0 Å². The summed E-state index contributed by atoms with van der Waals surface area (Å²) >= 11 is 1.26. The number of methoxy groups -OCH3 is 1. The van der Waals surface area contributed by atoms with Crippen molar-refractivity contribution >= 4 is 34.7 Å². The molecule has 0 saturated carbocycles. The first kappa shape index (κ1) is 25.0. The van der Waals surface area contributed by atoms with Crippen LogP contribution in [0, 0.1) is 6.92 Å². The molecule has 0 atom stereocenters. The van der Waals surface area contributed by atoms with Crippen LogP contribution in [0.15, 0.2) is 95.2 Å². The van der Waals surface area contributed by atoms with E-state index < -0.39 is 0 Å². The summed E-state index contributed by atoms with van der Waals surface area (Å²) in [5, 5.41) is 25.5. The van der Waals surface area contributed by atoms with Crippen molar-refractivity contribution in [3.63, 3.8) is 0 Å². The van der Waals surface area contributed by atoms with E-state index in [1.807, 2.05) is 90.4 Å². The summed E-state index contributed by atoms with van der Waals surface area (Å²) in [6.07, 6.45) is 1.46. The number of carbonyl (C=O) groups excluding carboxylic acids is 1. The molecule has 190 valence electrons. The number of aryl methyl sites for hydroxylation is 1. The van der Waals surface area contributed by atoms with Crippen LogP contribution < -0.4 is 10.2 Å². The summed E-state index contributed by atoms with van der Waals surface area (Å²) < 4.78 is 7.20. The van der Waals surface area contributed by atoms with Crippen molar-refractivity contribution < 1.29 is 14.6 Å². The number of benzene rings is 4. The zero-order valence-corrected chi connectivity index (χ0v) is 21.6. The van der Waals surface area contributed by atoms with Crippen molar-refractivity contribution in [2.75, 3.05) is 12.9 Å². The molecule has 0 aliphatic rings. The zero-order chi connectivity index (χ0) is 26.5. The molecule has 0 radical (unpaired) electrons. The van der Waals surface area contributed by atoms with E-state index >= 15 is 0 Å². The first-order valence-electron chi connectivity index (χ1n) is 11.9. The van der Waals surface area contributed by atoms with Crippen molar-refractivity contribution in [3.05, 3.63) is 96.1 Å². The largest absolute Gasteiger partial charge is 0.507 e. The van der Waals surface area contributed by atoms with Gasteiger partial charge in [0.25, 0.3) is 5.91 Å². The minimum Gasteiger partial charge on any atom is -0.507 e. The molecule has 0 fully saturated rings. The molecule has 5 aromatic rings. The lowest BCUT2D eigenvalue weighted by molar-refractivity contribution is -0.118. The van der Waals surface area contributed by atoms with Crippen LogP contribution in [0.5, 0.6) is 11.5 Å². The van der Waals surface area contributed by atoms with E-state index in [0.29, 0.717) is 16.5 Å². The maximum atomic E-state index is 12.6. The summed E-state index contributed by atoms with van der Waals surface area (Å²) in [7, 11) is 1.62. The number of phenolic OH excluding ortho intramolecular Hbond substituents is 1. The smallest absolute Gasteiger partial charge is 0.250 e. The van der Waals surface area contributed by atoms with Crippen LogP contribution in [0.25, 0.3) is 27.8 Å². The summed E-state index contributed by atoms with van der Waals surface area (Å²) in [6.45, 7) is 2.03. The molecule has 0 bridgehead atoms. The molecular weight excluding hydrogens is 498 g/mol. The van der Waals surface area contributed by atoms with Gasteiger partial charge in [-0.15, -0.1) is 10.2 Å². The predicted molar refractivity (Wildman–Crippen MR) is 150 cm³/mol. The quantitative estimate of drug-likeness (QED) is 0.161. The molecular formula is C29H25N5O3S. The fourth-order valence-corrected chi connectivity index (χ4v) is 4.71. The van der Waals surface area contributed by atoms with Gasteiger partial charge in [-0.2, -0.15) is 5.10 Å². The number of fused-ring (bicyclic) bond motifs is 1. The number of carbonyl (C=O) groups is 1. The third-order valence-electron chi connectivity index (χ3n) is 5.94. The molecule has 8 nitrogen and oxygen atoms in total. The molecule has 2 N–H and O–H groups in total. The maximum Gasteiger partial charge on any atom is 0.250 e. The number of ether oxygens (including phenoxy) is 1. The van der Waals surface area contributed by atoms with Gasteiger partial charge in [0.15, 0.2) is 11.0 Å². The summed E-state index contributed by atoms with van der Waals surface area (Å²) in [5.41, 5.74) is 5.97. The Morgan fingerprint density at radius 2 is 1.79 bits per heavy atom. The number of hydrogen-bond acceptors (Lipinski definition) is 7. The Balaban J connectivity index is 1.34. The van der Waals surface area contributed by atoms with Crippen molar-refractivity contribution in [3.8, 4) is 28.6 Å². The Hall–Kier alpha value is -4.63. The SMILES string of the molecule is COc1ccc(-c2nnc(SCC(=O)N/N=C/c3c(O)ccc4ccccc34)n2-c2ccc(C)cc2)cc1. The molecule has 0 spiro atoms. The Labute approximate surface area is 224 Å². The molecule has 4 aromatic carbocycles. The molecule has 0 saturated heterocycles. The third-order valence-corrected chi connectivity index (χ3v) is 6.87. The number of aromatic hydroxyl groups is 1. The number of aromatic nitrogens is 3. The highest BCUT2D eigenvalue weighted by Crippen LogP contribution is 2.29. The number of hydrazone groups is 1. The minimum atomic E-state index is -0.310. The number of thioether (sulfide) groups is 1. The van der Waals surface area contributed by atoms with E-state index in [1.165, 1.54) is 18.0 Å². The highest BCUT2D eigenvalue weighted by Gasteiger charge is 2.17. The number of hydrogen-bond donors (Lipinski definition) is 2. The molecule has 0 aliphatic heterocycles. The predicted octanol–water partition coefficient (Wildman–Crippen LogP) is 5.35. The fourth-order valence-electron chi connectivity index (χ4n) is 3.97. The molecule has 0 aliphatic carbocycles. The number of amides is 1. The number of nitrogens with one attached hydrogen (secondary N) is 1. The summed E-state index contributed by atoms with van der Waals surface area (Å²) in [5.74, 6) is 1.26. The Morgan fingerprint density at radius 3 is 2.55 bits per heavy atom. The minimum absolute atomic E-state index is 0.0749. The van der Waals surface area contributed by atoms with E-state index in [-0.39, 0.29) is 17.4 Å². The molecule has 1 amide bonds. The molecule has 9 heteroatoms. The van der Waals surface area contributed by atoms with Crippen molar-refractivity contribution in [1.29, 1.82) is 0 Å². The van der Waals surface area contributed by atoms with Crippen LogP contribution in [0.4, 0.5) is 0 Å². The second-order valence-electron chi connectivity index (χ2n) is 8.51. The molecule has 0 unspecified atom stereocenters. The number of phenols is 1. The average molecular weight is 524 g/mol.